The molecule has 0 saturated carbocycles. The summed E-state index contributed by atoms with van der Waals surface area (Å²) in [5, 5.41) is 9.79. The van der Waals surface area contributed by atoms with Crippen molar-refractivity contribution in [1.82, 2.24) is 0 Å². The Hall–Kier alpha value is -0.730. The second-order valence-corrected chi connectivity index (χ2v) is 7.55. The third-order valence-corrected chi connectivity index (χ3v) is 4.94. The van der Waals surface area contributed by atoms with E-state index in [0.717, 1.165) is 51.4 Å². The Morgan fingerprint density at radius 3 is 1.55 bits per heavy atom. The van der Waals surface area contributed by atoms with Crippen LogP contribution >= 0.6 is 0 Å². The molecule has 0 bridgehead atoms. The fourth-order valence-electron chi connectivity index (χ4n) is 3.13. The fraction of sp³-hybridized carbons (Fsp3) is 0.955. The van der Waals surface area contributed by atoms with Gasteiger partial charge in [-0.05, 0) is 25.7 Å². The summed E-state index contributed by atoms with van der Waals surface area (Å²) in [7, 11) is 0. The highest BCUT2D eigenvalue weighted by molar-refractivity contribution is 5.73. The number of hydrogen-bond donors (Lipinski definition) is 1. The van der Waals surface area contributed by atoms with Gasteiger partial charge < -0.3 is 28.8 Å². The van der Waals surface area contributed by atoms with Crippen LogP contribution in [0.2, 0.25) is 0 Å². The molecule has 1 N–H and O–H groups in total. The Kier molecular flexibility index (Phi) is 14.5. The lowest BCUT2D eigenvalue weighted by molar-refractivity contribution is -0.315. The molecule has 0 amide bonds. The quantitative estimate of drug-likeness (QED) is 0.355. The highest BCUT2D eigenvalue weighted by Crippen LogP contribution is 2.30. The van der Waals surface area contributed by atoms with Gasteiger partial charge in [-0.2, -0.15) is 0 Å². The Balaban J connectivity index is 3.05. The first-order valence-electron chi connectivity index (χ1n) is 11.4. The number of carboxylic acid groups (broad SMARTS) is 1. The summed E-state index contributed by atoms with van der Waals surface area (Å²) in [6, 6.07) is 0. The molecule has 1 aliphatic rings. The van der Waals surface area contributed by atoms with Crippen molar-refractivity contribution in [3.63, 3.8) is 0 Å². The number of carboxylic acids is 1. The first-order valence-corrected chi connectivity index (χ1v) is 11.4. The average molecular weight is 419 g/mol. The molecular weight excluding hydrogens is 376 g/mol. The maximum Gasteiger partial charge on any atom is 0.335 e. The highest BCUT2D eigenvalue weighted by Gasteiger charge is 2.51. The van der Waals surface area contributed by atoms with E-state index in [4.69, 9.17) is 23.7 Å². The second kappa shape index (κ2) is 16.0. The highest BCUT2D eigenvalue weighted by atomic mass is 16.7. The van der Waals surface area contributed by atoms with Gasteiger partial charge in [-0.25, -0.2) is 4.79 Å². The van der Waals surface area contributed by atoms with Crippen molar-refractivity contribution < 1.29 is 33.6 Å². The molecule has 1 saturated heterocycles. The Morgan fingerprint density at radius 2 is 1.10 bits per heavy atom. The monoisotopic (exact) mass is 418 g/mol. The molecule has 5 atom stereocenters. The summed E-state index contributed by atoms with van der Waals surface area (Å²) in [6.07, 6.45) is 3.75. The lowest BCUT2D eigenvalue weighted by Gasteiger charge is -2.44. The zero-order valence-electron chi connectivity index (χ0n) is 18.8. The van der Waals surface area contributed by atoms with Gasteiger partial charge in [0.25, 0.3) is 0 Å². The normalized spacial score (nSPS) is 27.2. The van der Waals surface area contributed by atoms with Crippen LogP contribution in [-0.4, -0.2) is 68.2 Å². The van der Waals surface area contributed by atoms with Crippen molar-refractivity contribution >= 4 is 5.97 Å². The van der Waals surface area contributed by atoms with Crippen LogP contribution in [0.1, 0.15) is 79.1 Å². The van der Waals surface area contributed by atoms with Gasteiger partial charge in [0, 0.05) is 26.4 Å². The van der Waals surface area contributed by atoms with Gasteiger partial charge in [-0.1, -0.05) is 53.4 Å². The Bertz CT molecular complexity index is 418. The smallest absolute Gasteiger partial charge is 0.335 e. The molecule has 7 nitrogen and oxygen atoms in total. The van der Waals surface area contributed by atoms with Gasteiger partial charge in [0.15, 0.2) is 12.4 Å². The molecule has 0 aliphatic carbocycles. The van der Waals surface area contributed by atoms with E-state index in [-0.39, 0.29) is 0 Å². The average Bonchev–Trinajstić information content (AvgIpc) is 2.70. The zero-order valence-corrected chi connectivity index (χ0v) is 18.8. The largest absolute Gasteiger partial charge is 0.479 e. The van der Waals surface area contributed by atoms with Crippen LogP contribution < -0.4 is 0 Å². The van der Waals surface area contributed by atoms with Crippen molar-refractivity contribution in [3.05, 3.63) is 0 Å². The predicted molar refractivity (Wildman–Crippen MR) is 111 cm³/mol. The second-order valence-electron chi connectivity index (χ2n) is 7.55. The molecule has 1 rings (SSSR count). The molecule has 7 heteroatoms. The van der Waals surface area contributed by atoms with Crippen molar-refractivity contribution in [3.8, 4) is 0 Å². The minimum absolute atomic E-state index is 0.463. The molecule has 0 aromatic rings. The maximum atomic E-state index is 12.0. The lowest BCUT2D eigenvalue weighted by Crippen LogP contribution is -2.63. The SMILES string of the molecule is CCCCOC1[C@H](OCCCC)C(C(=O)O)O[C@@H](OCCCC)[C@H]1OCCCC. The van der Waals surface area contributed by atoms with Gasteiger partial charge in [0.2, 0.25) is 0 Å². The van der Waals surface area contributed by atoms with E-state index in [1.807, 2.05) is 0 Å². The van der Waals surface area contributed by atoms with E-state index >= 15 is 0 Å². The third-order valence-electron chi connectivity index (χ3n) is 4.94. The van der Waals surface area contributed by atoms with Gasteiger partial charge in [-0.3, -0.25) is 0 Å². The topological polar surface area (TPSA) is 83.5 Å². The molecule has 0 radical (unpaired) electrons. The van der Waals surface area contributed by atoms with Crippen molar-refractivity contribution in [2.75, 3.05) is 26.4 Å². The predicted octanol–water partition coefficient (Wildman–Crippen LogP) is 4.17. The van der Waals surface area contributed by atoms with Crippen LogP contribution in [0.3, 0.4) is 0 Å². The van der Waals surface area contributed by atoms with E-state index in [9.17, 15) is 9.90 Å². The lowest BCUT2D eigenvalue weighted by atomic mass is 9.97. The van der Waals surface area contributed by atoms with E-state index in [2.05, 4.69) is 27.7 Å². The van der Waals surface area contributed by atoms with Crippen LogP contribution in [0.15, 0.2) is 0 Å². The van der Waals surface area contributed by atoms with Crippen LogP contribution in [0.5, 0.6) is 0 Å². The summed E-state index contributed by atoms with van der Waals surface area (Å²) < 4.78 is 30.0. The molecule has 0 aromatic heterocycles. The van der Waals surface area contributed by atoms with Gasteiger partial charge in [0.1, 0.15) is 18.3 Å². The number of hydrogen-bond acceptors (Lipinski definition) is 6. The van der Waals surface area contributed by atoms with Gasteiger partial charge in [0.05, 0.1) is 0 Å². The van der Waals surface area contributed by atoms with Crippen molar-refractivity contribution in [2.24, 2.45) is 0 Å². The molecule has 1 fully saturated rings. The number of aliphatic carboxylic acids is 1. The Labute approximate surface area is 176 Å². The zero-order chi connectivity index (χ0) is 21.5. The standard InChI is InChI=1S/C22H42O7/c1-5-9-13-25-17-18(26-14-10-6-2)20(27-15-11-7-3)22(28-16-12-8-4)29-19(17)21(23)24/h17-20,22H,5-16H2,1-4H3,(H,23,24)/t17-,18?,19?,20-,22+/m0/s1. The number of unbranched alkanes of at least 4 members (excludes halogenated alkanes) is 4. The molecule has 172 valence electrons. The summed E-state index contributed by atoms with van der Waals surface area (Å²) in [5.74, 6) is -1.06. The fourth-order valence-corrected chi connectivity index (χ4v) is 3.13. The van der Waals surface area contributed by atoms with Crippen molar-refractivity contribution in [1.29, 1.82) is 0 Å². The number of ether oxygens (including phenoxy) is 5. The summed E-state index contributed by atoms with van der Waals surface area (Å²) in [6.45, 7) is 10.4. The van der Waals surface area contributed by atoms with E-state index in [1.54, 1.807) is 0 Å². The Morgan fingerprint density at radius 1 is 0.690 bits per heavy atom. The molecule has 2 unspecified atom stereocenters. The molecule has 1 heterocycles. The van der Waals surface area contributed by atoms with Gasteiger partial charge >= 0.3 is 5.97 Å². The van der Waals surface area contributed by atoms with Crippen molar-refractivity contribution in [2.45, 2.75) is 110 Å². The molecule has 29 heavy (non-hydrogen) atoms. The first kappa shape index (κ1) is 26.3. The van der Waals surface area contributed by atoms with Crippen LogP contribution in [0.25, 0.3) is 0 Å². The first-order chi connectivity index (χ1) is 14.1. The van der Waals surface area contributed by atoms with E-state index < -0.39 is 36.7 Å². The van der Waals surface area contributed by atoms with E-state index in [1.165, 1.54) is 0 Å². The summed E-state index contributed by atoms with van der Waals surface area (Å²) in [5.41, 5.74) is 0. The summed E-state index contributed by atoms with van der Waals surface area (Å²) in [4.78, 5) is 12.0. The van der Waals surface area contributed by atoms with Crippen LogP contribution in [-0.2, 0) is 28.5 Å². The number of rotatable bonds is 17. The number of carbonyl (C=O) groups is 1. The molecule has 0 spiro atoms. The molecule has 0 aromatic carbocycles. The van der Waals surface area contributed by atoms with E-state index in [0.29, 0.717) is 26.4 Å². The maximum absolute atomic E-state index is 12.0. The summed E-state index contributed by atoms with van der Waals surface area (Å²) >= 11 is 0. The van der Waals surface area contributed by atoms with Crippen LogP contribution in [0.4, 0.5) is 0 Å². The molecule has 1 aliphatic heterocycles. The third kappa shape index (κ3) is 9.30. The molecular formula is C22H42O7. The minimum atomic E-state index is -1.14. The minimum Gasteiger partial charge on any atom is -0.479 e. The van der Waals surface area contributed by atoms with Gasteiger partial charge in [-0.15, -0.1) is 0 Å². The van der Waals surface area contributed by atoms with Crippen LogP contribution in [0, 0.1) is 0 Å².